The molecule has 1 atom stereocenters. The Morgan fingerprint density at radius 1 is 0.939 bits per heavy atom. The predicted molar refractivity (Wildman–Crippen MR) is 130 cm³/mol. The van der Waals surface area contributed by atoms with Crippen LogP contribution < -0.4 is 15.5 Å². The van der Waals surface area contributed by atoms with Crippen molar-refractivity contribution in [3.63, 3.8) is 0 Å². The van der Waals surface area contributed by atoms with E-state index in [2.05, 4.69) is 27.7 Å². The van der Waals surface area contributed by atoms with Gasteiger partial charge in [-0.2, -0.15) is 0 Å². The molecule has 4 rings (SSSR count). The maximum atomic E-state index is 13.1. The van der Waals surface area contributed by atoms with Crippen molar-refractivity contribution in [3.8, 4) is 0 Å². The fraction of sp³-hybridized carbons (Fsp3) is 0.259. The van der Waals surface area contributed by atoms with Gasteiger partial charge in [0.15, 0.2) is 0 Å². The van der Waals surface area contributed by atoms with E-state index in [0.717, 1.165) is 18.7 Å². The van der Waals surface area contributed by atoms with Crippen LogP contribution in [-0.4, -0.2) is 24.9 Å². The minimum Gasteiger partial charge on any atom is -0.465 e. The Hall–Kier alpha value is -3.80. The molecule has 0 radical (unpaired) electrons. The lowest BCUT2D eigenvalue weighted by molar-refractivity contribution is -0.118. The molecule has 0 bridgehead atoms. The zero-order valence-corrected chi connectivity index (χ0v) is 18.8. The van der Waals surface area contributed by atoms with Crippen LogP contribution in [0.3, 0.4) is 0 Å². The maximum Gasteiger partial charge on any atom is 0.268 e. The first-order valence-corrected chi connectivity index (χ1v) is 11.4. The number of nitrogens with one attached hydrogen (secondary N) is 2. The Morgan fingerprint density at radius 2 is 1.67 bits per heavy atom. The van der Waals surface area contributed by atoms with E-state index in [4.69, 9.17) is 4.42 Å². The SMILES string of the molecule is C[C@H](NC(=O)/C(=C/c1ccco1)NC(=O)c1ccccc1)c1ccc(N2CCCCC2)cc1. The monoisotopic (exact) mass is 443 g/mol. The average Bonchev–Trinajstić information content (AvgIpc) is 3.38. The Kier molecular flexibility index (Phi) is 7.25. The summed E-state index contributed by atoms with van der Waals surface area (Å²) >= 11 is 0. The largest absolute Gasteiger partial charge is 0.465 e. The first kappa shape index (κ1) is 22.4. The number of hydrogen-bond donors (Lipinski definition) is 2. The van der Waals surface area contributed by atoms with Gasteiger partial charge in [0.2, 0.25) is 0 Å². The van der Waals surface area contributed by atoms with Gasteiger partial charge in [-0.3, -0.25) is 9.59 Å². The molecule has 0 spiro atoms. The van der Waals surface area contributed by atoms with Crippen molar-refractivity contribution in [3.05, 3.63) is 95.6 Å². The number of anilines is 1. The van der Waals surface area contributed by atoms with Crippen molar-refractivity contribution < 1.29 is 14.0 Å². The summed E-state index contributed by atoms with van der Waals surface area (Å²) in [6, 6.07) is 20.3. The number of furan rings is 1. The van der Waals surface area contributed by atoms with Gasteiger partial charge in [0.25, 0.3) is 11.8 Å². The number of piperidine rings is 1. The number of hydrogen-bond acceptors (Lipinski definition) is 4. The van der Waals surface area contributed by atoms with Crippen LogP contribution >= 0.6 is 0 Å². The summed E-state index contributed by atoms with van der Waals surface area (Å²) in [5, 5.41) is 5.71. The van der Waals surface area contributed by atoms with E-state index in [0.29, 0.717) is 11.3 Å². The minimum atomic E-state index is -0.386. The third-order valence-corrected chi connectivity index (χ3v) is 5.82. The number of carbonyl (C=O) groups excluding carboxylic acids is 2. The van der Waals surface area contributed by atoms with Gasteiger partial charge in [0.05, 0.1) is 12.3 Å². The van der Waals surface area contributed by atoms with Gasteiger partial charge in [-0.15, -0.1) is 0 Å². The van der Waals surface area contributed by atoms with E-state index in [9.17, 15) is 9.59 Å². The molecule has 1 aliphatic rings. The molecule has 6 heteroatoms. The molecule has 1 aromatic heterocycles. The number of rotatable bonds is 7. The fourth-order valence-corrected chi connectivity index (χ4v) is 3.94. The van der Waals surface area contributed by atoms with Gasteiger partial charge < -0.3 is 20.0 Å². The molecule has 1 fully saturated rings. The smallest absolute Gasteiger partial charge is 0.268 e. The van der Waals surface area contributed by atoms with Crippen LogP contribution in [0.15, 0.2) is 83.1 Å². The second kappa shape index (κ2) is 10.7. The number of amides is 2. The molecular formula is C27H29N3O3. The van der Waals surface area contributed by atoms with Crippen molar-refractivity contribution in [1.82, 2.24) is 10.6 Å². The minimum absolute atomic E-state index is 0.121. The fourth-order valence-electron chi connectivity index (χ4n) is 3.94. The average molecular weight is 444 g/mol. The predicted octanol–water partition coefficient (Wildman–Crippen LogP) is 4.92. The standard InChI is InChI=1S/C27H29N3O3/c1-20(21-12-14-23(15-13-21)30-16-6-3-7-17-30)28-27(32)25(19-24-11-8-18-33-24)29-26(31)22-9-4-2-5-10-22/h2,4-5,8-15,18-20H,3,6-7,16-17H2,1H3,(H,28,32)(H,29,31)/b25-19-/t20-/m0/s1. The van der Waals surface area contributed by atoms with Crippen LogP contribution in [0.2, 0.25) is 0 Å². The molecule has 2 heterocycles. The van der Waals surface area contributed by atoms with Crippen LogP contribution in [0.4, 0.5) is 5.69 Å². The van der Waals surface area contributed by atoms with E-state index in [1.165, 1.54) is 37.3 Å². The lowest BCUT2D eigenvalue weighted by atomic mass is 10.1. The van der Waals surface area contributed by atoms with E-state index < -0.39 is 0 Å². The van der Waals surface area contributed by atoms with E-state index in [-0.39, 0.29) is 23.6 Å². The van der Waals surface area contributed by atoms with Crippen molar-refractivity contribution in [1.29, 1.82) is 0 Å². The molecule has 0 saturated carbocycles. The van der Waals surface area contributed by atoms with Crippen LogP contribution in [0.25, 0.3) is 6.08 Å². The zero-order chi connectivity index (χ0) is 23.0. The van der Waals surface area contributed by atoms with Gasteiger partial charge in [-0.05, 0) is 68.1 Å². The normalized spacial score (nSPS) is 15.1. The highest BCUT2D eigenvalue weighted by atomic mass is 16.3. The number of nitrogens with zero attached hydrogens (tertiary/aromatic N) is 1. The van der Waals surface area contributed by atoms with Gasteiger partial charge in [0, 0.05) is 30.4 Å². The van der Waals surface area contributed by atoms with Crippen LogP contribution in [-0.2, 0) is 4.79 Å². The first-order chi connectivity index (χ1) is 16.1. The molecule has 1 aliphatic heterocycles. The first-order valence-electron chi connectivity index (χ1n) is 11.4. The summed E-state index contributed by atoms with van der Waals surface area (Å²) in [5.74, 6) is -0.266. The summed E-state index contributed by atoms with van der Waals surface area (Å²) in [4.78, 5) is 28.2. The van der Waals surface area contributed by atoms with Crippen LogP contribution in [0.5, 0.6) is 0 Å². The molecule has 2 N–H and O–H groups in total. The zero-order valence-electron chi connectivity index (χ0n) is 18.8. The number of carbonyl (C=O) groups is 2. The molecule has 1 saturated heterocycles. The Labute approximate surface area is 194 Å². The van der Waals surface area contributed by atoms with Gasteiger partial charge in [0.1, 0.15) is 11.5 Å². The van der Waals surface area contributed by atoms with Crippen molar-refractivity contribution >= 4 is 23.6 Å². The topological polar surface area (TPSA) is 74.6 Å². The molecular weight excluding hydrogens is 414 g/mol. The Balaban J connectivity index is 1.46. The molecule has 6 nitrogen and oxygen atoms in total. The van der Waals surface area contributed by atoms with Gasteiger partial charge in [-0.1, -0.05) is 30.3 Å². The van der Waals surface area contributed by atoms with Crippen molar-refractivity contribution in [2.24, 2.45) is 0 Å². The van der Waals surface area contributed by atoms with E-state index in [1.807, 2.05) is 25.1 Å². The molecule has 0 unspecified atom stereocenters. The molecule has 2 amide bonds. The van der Waals surface area contributed by atoms with Crippen molar-refractivity contribution in [2.75, 3.05) is 18.0 Å². The Bertz CT molecular complexity index is 1080. The quantitative estimate of drug-likeness (QED) is 0.509. The highest BCUT2D eigenvalue weighted by Crippen LogP contribution is 2.22. The van der Waals surface area contributed by atoms with Crippen LogP contribution in [0.1, 0.15) is 53.9 Å². The lowest BCUT2D eigenvalue weighted by Crippen LogP contribution is -2.36. The highest BCUT2D eigenvalue weighted by molar-refractivity contribution is 6.05. The second-order valence-electron chi connectivity index (χ2n) is 8.23. The molecule has 3 aromatic rings. The van der Waals surface area contributed by atoms with Crippen LogP contribution in [0, 0.1) is 0 Å². The van der Waals surface area contributed by atoms with Gasteiger partial charge in [-0.25, -0.2) is 0 Å². The third-order valence-electron chi connectivity index (χ3n) is 5.82. The third kappa shape index (κ3) is 5.92. The van der Waals surface area contributed by atoms with E-state index in [1.54, 1.807) is 36.4 Å². The summed E-state index contributed by atoms with van der Waals surface area (Å²) < 4.78 is 5.35. The number of benzene rings is 2. The second-order valence-corrected chi connectivity index (χ2v) is 8.23. The molecule has 170 valence electrons. The highest BCUT2D eigenvalue weighted by Gasteiger charge is 2.18. The Morgan fingerprint density at radius 3 is 2.33 bits per heavy atom. The summed E-state index contributed by atoms with van der Waals surface area (Å²) in [5.41, 5.74) is 2.80. The molecule has 0 aliphatic carbocycles. The maximum absolute atomic E-state index is 13.1. The summed E-state index contributed by atoms with van der Waals surface area (Å²) in [7, 11) is 0. The lowest BCUT2D eigenvalue weighted by Gasteiger charge is -2.29. The van der Waals surface area contributed by atoms with Crippen molar-refractivity contribution in [2.45, 2.75) is 32.2 Å². The summed E-state index contributed by atoms with van der Waals surface area (Å²) in [6.45, 7) is 4.11. The van der Waals surface area contributed by atoms with Gasteiger partial charge >= 0.3 is 0 Å². The van der Waals surface area contributed by atoms with E-state index >= 15 is 0 Å². The molecule has 2 aromatic carbocycles. The molecule has 33 heavy (non-hydrogen) atoms. The summed E-state index contributed by atoms with van der Waals surface area (Å²) in [6.07, 6.45) is 6.81.